The van der Waals surface area contributed by atoms with Crippen molar-refractivity contribution in [3.63, 3.8) is 0 Å². The summed E-state index contributed by atoms with van der Waals surface area (Å²) in [5.74, 6) is -0.153. The Bertz CT molecular complexity index is 708. The normalized spacial score (nSPS) is 11.5. The van der Waals surface area contributed by atoms with Crippen molar-refractivity contribution in [2.24, 2.45) is 0 Å². The van der Waals surface area contributed by atoms with Gasteiger partial charge in [-0.25, -0.2) is 0 Å². The summed E-state index contributed by atoms with van der Waals surface area (Å²) in [4.78, 5) is 13.9. The summed E-state index contributed by atoms with van der Waals surface area (Å²) in [6, 6.07) is 16.8. The van der Waals surface area contributed by atoms with Gasteiger partial charge >= 0.3 is 0 Å². The number of rotatable bonds is 6. The van der Waals surface area contributed by atoms with Crippen LogP contribution < -0.4 is 5.32 Å². The Morgan fingerprint density at radius 1 is 1.26 bits per heavy atom. The molecule has 0 saturated carbocycles. The first kappa shape index (κ1) is 17.1. The Morgan fingerprint density at radius 2 is 1.96 bits per heavy atom. The SMILES string of the molecule is CC(CCO)NC(=O)c1ccc(Sc2ccccc2C#N)cc1. The number of benzene rings is 2. The number of nitriles is 1. The number of hydrogen-bond donors (Lipinski definition) is 2. The quantitative estimate of drug-likeness (QED) is 0.855. The standard InChI is InChI=1S/C18H18N2O2S/c1-13(10-11-21)20-18(22)14-6-8-16(9-7-14)23-17-5-3-2-4-15(17)12-19/h2-9,13,21H,10-11H2,1H3,(H,20,22). The van der Waals surface area contributed by atoms with Crippen molar-refractivity contribution in [3.05, 3.63) is 59.7 Å². The smallest absolute Gasteiger partial charge is 0.251 e. The van der Waals surface area contributed by atoms with Gasteiger partial charge in [-0.15, -0.1) is 0 Å². The second-order valence-electron chi connectivity index (χ2n) is 5.12. The monoisotopic (exact) mass is 326 g/mol. The van der Waals surface area contributed by atoms with Crippen molar-refractivity contribution in [1.29, 1.82) is 5.26 Å². The van der Waals surface area contributed by atoms with Crippen molar-refractivity contribution < 1.29 is 9.90 Å². The number of aliphatic hydroxyl groups is 1. The van der Waals surface area contributed by atoms with Crippen LogP contribution in [0.3, 0.4) is 0 Å². The molecule has 2 N–H and O–H groups in total. The maximum Gasteiger partial charge on any atom is 0.251 e. The van der Waals surface area contributed by atoms with Crippen LogP contribution >= 0.6 is 11.8 Å². The van der Waals surface area contributed by atoms with E-state index in [1.807, 2.05) is 37.3 Å². The maximum atomic E-state index is 12.1. The number of carbonyl (C=O) groups excluding carboxylic acids is 1. The van der Waals surface area contributed by atoms with Crippen LogP contribution in [0.4, 0.5) is 0 Å². The van der Waals surface area contributed by atoms with Gasteiger partial charge in [-0.2, -0.15) is 5.26 Å². The van der Waals surface area contributed by atoms with E-state index in [1.165, 1.54) is 11.8 Å². The number of aliphatic hydroxyl groups excluding tert-OH is 1. The van der Waals surface area contributed by atoms with Crippen molar-refractivity contribution in [1.82, 2.24) is 5.32 Å². The lowest BCUT2D eigenvalue weighted by Crippen LogP contribution is -2.33. The molecule has 23 heavy (non-hydrogen) atoms. The minimum atomic E-state index is -0.153. The molecule has 1 atom stereocenters. The molecule has 0 bridgehead atoms. The molecule has 1 amide bonds. The highest BCUT2D eigenvalue weighted by molar-refractivity contribution is 7.99. The largest absolute Gasteiger partial charge is 0.396 e. The van der Waals surface area contributed by atoms with E-state index >= 15 is 0 Å². The Balaban J connectivity index is 2.05. The van der Waals surface area contributed by atoms with E-state index in [2.05, 4.69) is 11.4 Å². The van der Waals surface area contributed by atoms with Gasteiger partial charge in [0.2, 0.25) is 0 Å². The molecule has 0 heterocycles. The van der Waals surface area contributed by atoms with E-state index < -0.39 is 0 Å². The molecule has 0 radical (unpaired) electrons. The van der Waals surface area contributed by atoms with E-state index in [4.69, 9.17) is 10.4 Å². The third-order valence-electron chi connectivity index (χ3n) is 3.29. The van der Waals surface area contributed by atoms with Crippen LogP contribution in [0.15, 0.2) is 58.3 Å². The number of nitrogens with one attached hydrogen (secondary N) is 1. The van der Waals surface area contributed by atoms with Crippen LogP contribution in [0, 0.1) is 11.3 Å². The maximum absolute atomic E-state index is 12.1. The molecule has 2 aromatic rings. The van der Waals surface area contributed by atoms with Gasteiger partial charge in [0.25, 0.3) is 5.91 Å². The number of carbonyl (C=O) groups is 1. The fourth-order valence-corrected chi connectivity index (χ4v) is 2.92. The molecule has 0 fully saturated rings. The molecular weight excluding hydrogens is 308 g/mol. The summed E-state index contributed by atoms with van der Waals surface area (Å²) in [5.41, 5.74) is 1.21. The first-order valence-corrected chi connectivity index (χ1v) is 8.14. The van der Waals surface area contributed by atoms with Gasteiger partial charge in [0.15, 0.2) is 0 Å². The molecule has 5 heteroatoms. The van der Waals surface area contributed by atoms with E-state index in [1.54, 1.807) is 18.2 Å². The lowest BCUT2D eigenvalue weighted by Gasteiger charge is -2.12. The highest BCUT2D eigenvalue weighted by atomic mass is 32.2. The third-order valence-corrected chi connectivity index (χ3v) is 4.38. The Morgan fingerprint density at radius 3 is 2.61 bits per heavy atom. The summed E-state index contributed by atoms with van der Waals surface area (Å²) in [6.07, 6.45) is 0.532. The topological polar surface area (TPSA) is 73.1 Å². The molecule has 2 aromatic carbocycles. The first-order chi connectivity index (χ1) is 11.1. The molecule has 0 aliphatic carbocycles. The molecule has 0 aliphatic rings. The summed E-state index contributed by atoms with van der Waals surface area (Å²) in [7, 11) is 0. The van der Waals surface area contributed by atoms with Crippen LogP contribution in [0.2, 0.25) is 0 Å². The lowest BCUT2D eigenvalue weighted by molar-refractivity contribution is 0.0934. The Labute approximate surface area is 140 Å². The summed E-state index contributed by atoms with van der Waals surface area (Å²) in [5, 5.41) is 20.8. The zero-order valence-corrected chi connectivity index (χ0v) is 13.6. The van der Waals surface area contributed by atoms with Gasteiger partial charge in [0.1, 0.15) is 6.07 Å². The van der Waals surface area contributed by atoms with E-state index in [0.29, 0.717) is 17.5 Å². The predicted octanol–water partition coefficient (Wildman–Crippen LogP) is 3.21. The molecule has 0 spiro atoms. The zero-order valence-electron chi connectivity index (χ0n) is 12.8. The van der Waals surface area contributed by atoms with Gasteiger partial charge in [-0.05, 0) is 49.7 Å². The summed E-state index contributed by atoms with van der Waals surface area (Å²) < 4.78 is 0. The third kappa shape index (κ3) is 4.85. The minimum absolute atomic E-state index is 0.0509. The van der Waals surface area contributed by atoms with Gasteiger partial charge in [0, 0.05) is 28.0 Å². The highest BCUT2D eigenvalue weighted by Gasteiger charge is 2.10. The van der Waals surface area contributed by atoms with Crippen LogP contribution in [-0.4, -0.2) is 23.7 Å². The van der Waals surface area contributed by atoms with Gasteiger partial charge in [-0.3, -0.25) is 4.79 Å². The minimum Gasteiger partial charge on any atom is -0.396 e. The average molecular weight is 326 g/mol. The average Bonchev–Trinajstić information content (AvgIpc) is 2.56. The summed E-state index contributed by atoms with van der Waals surface area (Å²) >= 11 is 1.49. The second kappa shape index (κ2) is 8.37. The fourth-order valence-electron chi connectivity index (χ4n) is 2.02. The molecule has 4 nitrogen and oxygen atoms in total. The van der Waals surface area contributed by atoms with Crippen LogP contribution in [0.1, 0.15) is 29.3 Å². The molecule has 0 aliphatic heterocycles. The Kier molecular flexibility index (Phi) is 6.21. The van der Waals surface area contributed by atoms with Gasteiger partial charge in [-0.1, -0.05) is 23.9 Å². The van der Waals surface area contributed by atoms with Crippen molar-refractivity contribution in [2.45, 2.75) is 29.2 Å². The van der Waals surface area contributed by atoms with Crippen molar-refractivity contribution >= 4 is 17.7 Å². The zero-order chi connectivity index (χ0) is 16.7. The highest BCUT2D eigenvalue weighted by Crippen LogP contribution is 2.30. The first-order valence-electron chi connectivity index (χ1n) is 7.33. The van der Waals surface area contributed by atoms with Crippen LogP contribution in [0.25, 0.3) is 0 Å². The Hall–Kier alpha value is -2.29. The molecular formula is C18H18N2O2S. The number of hydrogen-bond acceptors (Lipinski definition) is 4. The van der Waals surface area contributed by atoms with Crippen molar-refractivity contribution in [2.75, 3.05) is 6.61 Å². The molecule has 0 saturated heterocycles. The van der Waals surface area contributed by atoms with E-state index in [9.17, 15) is 4.79 Å². The van der Waals surface area contributed by atoms with Gasteiger partial charge < -0.3 is 10.4 Å². The number of amides is 1. The van der Waals surface area contributed by atoms with Crippen molar-refractivity contribution in [3.8, 4) is 6.07 Å². The molecule has 0 aromatic heterocycles. The van der Waals surface area contributed by atoms with Crippen LogP contribution in [-0.2, 0) is 0 Å². The molecule has 1 unspecified atom stereocenters. The van der Waals surface area contributed by atoms with E-state index in [0.717, 1.165) is 9.79 Å². The van der Waals surface area contributed by atoms with Gasteiger partial charge in [0.05, 0.1) is 5.56 Å². The molecule has 2 rings (SSSR count). The summed E-state index contributed by atoms with van der Waals surface area (Å²) in [6.45, 7) is 1.91. The van der Waals surface area contributed by atoms with Crippen LogP contribution in [0.5, 0.6) is 0 Å². The molecule has 118 valence electrons. The fraction of sp³-hybridized carbons (Fsp3) is 0.222. The predicted molar refractivity (Wildman–Crippen MR) is 90.4 cm³/mol. The number of nitrogens with zero attached hydrogens (tertiary/aromatic N) is 1. The second-order valence-corrected chi connectivity index (χ2v) is 6.24. The lowest BCUT2D eigenvalue weighted by atomic mass is 10.2. The van der Waals surface area contributed by atoms with E-state index in [-0.39, 0.29) is 18.6 Å².